The Morgan fingerprint density at radius 3 is 2.81 bits per heavy atom. The molecule has 0 saturated carbocycles. The predicted molar refractivity (Wildman–Crippen MR) is 80.0 cm³/mol. The van der Waals surface area contributed by atoms with E-state index in [2.05, 4.69) is 22.2 Å². The molecule has 1 aromatic rings. The number of hydrogen-bond donors (Lipinski definition) is 2. The van der Waals surface area contributed by atoms with Gasteiger partial charge in [0.05, 0.1) is 0 Å². The molecule has 116 valence electrons. The molecule has 0 spiro atoms. The van der Waals surface area contributed by atoms with E-state index in [1.807, 2.05) is 18.7 Å². The summed E-state index contributed by atoms with van der Waals surface area (Å²) < 4.78 is 0. The van der Waals surface area contributed by atoms with Crippen molar-refractivity contribution >= 4 is 11.8 Å². The number of nitrogens with zero attached hydrogens (tertiary/aromatic N) is 2. The third-order valence-corrected chi connectivity index (χ3v) is 3.85. The van der Waals surface area contributed by atoms with Crippen LogP contribution in [0.1, 0.15) is 54.6 Å². The molecule has 1 aliphatic heterocycles. The number of nitrogens with one attached hydrogen (secondary N) is 2. The topological polar surface area (TPSA) is 78.1 Å². The molecule has 1 aromatic heterocycles. The van der Waals surface area contributed by atoms with Gasteiger partial charge < -0.3 is 15.2 Å². The second kappa shape index (κ2) is 6.74. The van der Waals surface area contributed by atoms with Crippen LogP contribution in [-0.2, 0) is 4.79 Å². The molecule has 0 radical (unpaired) electrons. The highest BCUT2D eigenvalue weighted by Crippen LogP contribution is 2.14. The van der Waals surface area contributed by atoms with E-state index in [-0.39, 0.29) is 17.9 Å². The molecule has 1 saturated heterocycles. The average Bonchev–Trinajstić information content (AvgIpc) is 2.68. The van der Waals surface area contributed by atoms with E-state index in [0.29, 0.717) is 18.5 Å². The summed E-state index contributed by atoms with van der Waals surface area (Å²) >= 11 is 0. The van der Waals surface area contributed by atoms with Gasteiger partial charge in [-0.15, -0.1) is 0 Å². The van der Waals surface area contributed by atoms with Crippen LogP contribution in [0, 0.1) is 13.8 Å². The molecule has 6 nitrogen and oxygen atoms in total. The Kier molecular flexibility index (Phi) is 4.98. The molecular formula is C15H24N4O2. The summed E-state index contributed by atoms with van der Waals surface area (Å²) in [5.41, 5.74) is 1.23. The van der Waals surface area contributed by atoms with E-state index in [0.717, 1.165) is 37.4 Å². The van der Waals surface area contributed by atoms with Crippen LogP contribution in [-0.4, -0.2) is 45.8 Å². The van der Waals surface area contributed by atoms with Gasteiger partial charge in [0, 0.05) is 31.2 Å². The maximum Gasteiger partial charge on any atom is 0.271 e. The second-order valence-corrected chi connectivity index (χ2v) is 5.67. The minimum atomic E-state index is -0.154. The molecule has 21 heavy (non-hydrogen) atoms. The average molecular weight is 292 g/mol. The highest BCUT2D eigenvalue weighted by atomic mass is 16.2. The molecule has 6 heteroatoms. The Morgan fingerprint density at radius 2 is 2.19 bits per heavy atom. The summed E-state index contributed by atoms with van der Waals surface area (Å²) in [6.07, 6.45) is 2.98. The fourth-order valence-electron chi connectivity index (χ4n) is 2.77. The first-order chi connectivity index (χ1) is 10.0. The van der Waals surface area contributed by atoms with Crippen molar-refractivity contribution in [2.45, 2.75) is 52.5 Å². The third kappa shape index (κ3) is 3.83. The summed E-state index contributed by atoms with van der Waals surface area (Å²) in [5, 5.41) is 3.01. The van der Waals surface area contributed by atoms with E-state index in [9.17, 15) is 9.59 Å². The van der Waals surface area contributed by atoms with Crippen LogP contribution in [0.15, 0.2) is 0 Å². The van der Waals surface area contributed by atoms with Crippen molar-refractivity contribution in [3.63, 3.8) is 0 Å². The Morgan fingerprint density at radius 1 is 1.43 bits per heavy atom. The van der Waals surface area contributed by atoms with Gasteiger partial charge in [0.25, 0.3) is 5.91 Å². The Bertz CT molecular complexity index is 524. The van der Waals surface area contributed by atoms with Crippen LogP contribution in [0.3, 0.4) is 0 Å². The van der Waals surface area contributed by atoms with E-state index in [1.165, 1.54) is 0 Å². The van der Waals surface area contributed by atoms with Crippen LogP contribution >= 0.6 is 0 Å². The van der Waals surface area contributed by atoms with Crippen molar-refractivity contribution in [2.75, 3.05) is 13.1 Å². The molecular weight excluding hydrogens is 268 g/mol. The molecule has 2 rings (SSSR count). The summed E-state index contributed by atoms with van der Waals surface area (Å²) in [5.74, 6) is 0.779. The lowest BCUT2D eigenvalue weighted by Crippen LogP contribution is -2.36. The van der Waals surface area contributed by atoms with Crippen LogP contribution < -0.4 is 5.32 Å². The number of carbonyl (C=O) groups is 2. The monoisotopic (exact) mass is 292 g/mol. The second-order valence-electron chi connectivity index (χ2n) is 5.67. The number of hydrogen-bond acceptors (Lipinski definition) is 3. The Balaban J connectivity index is 1.96. The molecule has 0 aromatic carbocycles. The number of amides is 2. The maximum atomic E-state index is 12.3. The number of carbonyl (C=O) groups excluding carboxylic acids is 2. The smallest absolute Gasteiger partial charge is 0.271 e. The van der Waals surface area contributed by atoms with Crippen molar-refractivity contribution in [3.05, 3.63) is 17.2 Å². The first-order valence-corrected chi connectivity index (χ1v) is 7.63. The van der Waals surface area contributed by atoms with Gasteiger partial charge >= 0.3 is 0 Å². The molecule has 0 aliphatic carbocycles. The van der Waals surface area contributed by atoms with E-state index in [4.69, 9.17) is 0 Å². The van der Waals surface area contributed by atoms with Gasteiger partial charge in [-0.25, -0.2) is 4.98 Å². The van der Waals surface area contributed by atoms with E-state index in [1.54, 1.807) is 0 Å². The van der Waals surface area contributed by atoms with Gasteiger partial charge in [0.1, 0.15) is 11.5 Å². The molecule has 2 N–H and O–H groups in total. The van der Waals surface area contributed by atoms with Gasteiger partial charge in [-0.1, -0.05) is 6.92 Å². The molecule has 0 bridgehead atoms. The van der Waals surface area contributed by atoms with Gasteiger partial charge in [0.2, 0.25) is 5.91 Å². The highest BCUT2D eigenvalue weighted by molar-refractivity contribution is 5.93. The molecule has 2 heterocycles. The van der Waals surface area contributed by atoms with Crippen LogP contribution in [0.5, 0.6) is 0 Å². The largest absolute Gasteiger partial charge is 0.348 e. The molecule has 1 fully saturated rings. The first-order valence-electron chi connectivity index (χ1n) is 7.63. The normalized spacial score (nSPS) is 19.5. The van der Waals surface area contributed by atoms with E-state index < -0.39 is 0 Å². The molecule has 2 amide bonds. The summed E-state index contributed by atoms with van der Waals surface area (Å²) in [6.45, 7) is 7.26. The zero-order chi connectivity index (χ0) is 15.4. The fraction of sp³-hybridized carbons (Fsp3) is 0.667. The van der Waals surface area contributed by atoms with Crippen molar-refractivity contribution in [2.24, 2.45) is 0 Å². The predicted octanol–water partition coefficient (Wildman–Crippen LogP) is 1.55. The zero-order valence-electron chi connectivity index (χ0n) is 13.0. The summed E-state index contributed by atoms with van der Waals surface area (Å²) in [6, 6.07) is 0.0414. The standard InChI is InChI=1S/C15H24N4O2/c1-4-8-19-9-7-12(5-6-13(19)20)18-15(21)14-10(2)16-11(3)17-14/h12H,4-9H2,1-3H3,(H,16,17)(H,18,21). The SMILES string of the molecule is CCCN1CCC(NC(=O)c2nc(C)[nH]c2C)CCC1=O. The maximum absolute atomic E-state index is 12.3. The summed E-state index contributed by atoms with van der Waals surface area (Å²) in [7, 11) is 0. The molecule has 1 unspecified atom stereocenters. The van der Waals surface area contributed by atoms with E-state index >= 15 is 0 Å². The first kappa shape index (κ1) is 15.5. The van der Waals surface area contributed by atoms with Crippen LogP contribution in [0.4, 0.5) is 0 Å². The van der Waals surface area contributed by atoms with Crippen molar-refractivity contribution in [3.8, 4) is 0 Å². The third-order valence-electron chi connectivity index (χ3n) is 3.85. The lowest BCUT2D eigenvalue weighted by molar-refractivity contribution is -0.130. The Hall–Kier alpha value is -1.85. The number of rotatable bonds is 4. The minimum Gasteiger partial charge on any atom is -0.348 e. The lowest BCUT2D eigenvalue weighted by atomic mass is 10.1. The van der Waals surface area contributed by atoms with Crippen LogP contribution in [0.25, 0.3) is 0 Å². The Labute approximate surface area is 125 Å². The van der Waals surface area contributed by atoms with Crippen molar-refractivity contribution < 1.29 is 9.59 Å². The zero-order valence-corrected chi connectivity index (χ0v) is 13.0. The van der Waals surface area contributed by atoms with Crippen molar-refractivity contribution in [1.82, 2.24) is 20.2 Å². The molecule has 1 aliphatic rings. The molecule has 1 atom stereocenters. The number of aryl methyl sites for hydroxylation is 2. The number of likely N-dealkylation sites (tertiary alicyclic amines) is 1. The van der Waals surface area contributed by atoms with Gasteiger partial charge in [0.15, 0.2) is 0 Å². The number of aromatic amines is 1. The highest BCUT2D eigenvalue weighted by Gasteiger charge is 2.24. The summed E-state index contributed by atoms with van der Waals surface area (Å²) in [4.78, 5) is 33.4. The van der Waals surface area contributed by atoms with Gasteiger partial charge in [-0.05, 0) is 33.1 Å². The number of aromatic nitrogens is 2. The number of imidazole rings is 1. The fourth-order valence-corrected chi connectivity index (χ4v) is 2.77. The van der Waals surface area contributed by atoms with Gasteiger partial charge in [-0.3, -0.25) is 9.59 Å². The quantitative estimate of drug-likeness (QED) is 0.883. The number of H-pyrrole nitrogens is 1. The van der Waals surface area contributed by atoms with Crippen molar-refractivity contribution in [1.29, 1.82) is 0 Å². The lowest BCUT2D eigenvalue weighted by Gasteiger charge is -2.20. The van der Waals surface area contributed by atoms with Crippen LogP contribution in [0.2, 0.25) is 0 Å². The minimum absolute atomic E-state index is 0.0414. The van der Waals surface area contributed by atoms with Gasteiger partial charge in [-0.2, -0.15) is 0 Å².